The van der Waals surface area contributed by atoms with Crippen molar-refractivity contribution in [3.63, 3.8) is 0 Å². The second-order valence-electron chi connectivity index (χ2n) is 14.6. The van der Waals surface area contributed by atoms with Crippen molar-refractivity contribution in [1.29, 1.82) is 0 Å². The van der Waals surface area contributed by atoms with Crippen LogP contribution in [0.25, 0.3) is 11.1 Å². The molecule has 0 amide bonds. The Balaban J connectivity index is 1.69. The van der Waals surface area contributed by atoms with E-state index in [4.69, 9.17) is 0 Å². The molecule has 0 fully saturated rings. The van der Waals surface area contributed by atoms with Crippen molar-refractivity contribution in [2.24, 2.45) is 0 Å². The Labute approximate surface area is 271 Å². The molecule has 0 aromatic heterocycles. The Bertz CT molecular complexity index is 1010. The normalized spacial score (nSPS) is 13.9. The van der Waals surface area contributed by atoms with E-state index in [1.807, 2.05) is 0 Å². The average molecular weight is 654 g/mol. The van der Waals surface area contributed by atoms with Gasteiger partial charge in [0, 0.05) is 9.89 Å². The average Bonchev–Trinajstić information content (AvgIpc) is 3.23. The first-order valence-electron chi connectivity index (χ1n) is 18.3. The molecule has 0 N–H and O–H groups in total. The Morgan fingerprint density at radius 3 is 1.31 bits per heavy atom. The van der Waals surface area contributed by atoms with E-state index in [0.717, 1.165) is 0 Å². The first kappa shape index (κ1) is 35.6. The minimum atomic E-state index is -1.39. The van der Waals surface area contributed by atoms with Gasteiger partial charge in [-0.1, -0.05) is 207 Å². The molecule has 0 atom stereocenters. The molecule has 3 rings (SSSR count). The van der Waals surface area contributed by atoms with Gasteiger partial charge in [0.2, 0.25) is 0 Å². The molecule has 42 heavy (non-hydrogen) atoms. The van der Waals surface area contributed by atoms with E-state index in [9.17, 15) is 0 Å². The minimum Gasteiger partial charge on any atom is -0.0656 e. The van der Waals surface area contributed by atoms with Gasteiger partial charge in [-0.05, 0) is 47.2 Å². The smallest absolute Gasteiger partial charge is 0.0656 e. The Hall–Kier alpha value is -0.863. The van der Waals surface area contributed by atoms with Gasteiger partial charge >= 0.3 is 0 Å². The maximum Gasteiger partial charge on any atom is 0.0776 e. The summed E-state index contributed by atoms with van der Waals surface area (Å²) in [7, 11) is -1.39. The topological polar surface area (TPSA) is 0 Å². The molecule has 0 heterocycles. The highest BCUT2D eigenvalue weighted by atomic mass is 79.9. The van der Waals surface area contributed by atoms with Gasteiger partial charge in [0.25, 0.3) is 0 Å². The predicted molar refractivity (Wildman–Crippen MR) is 196 cm³/mol. The van der Waals surface area contributed by atoms with Crippen LogP contribution in [-0.2, 0) is 5.41 Å². The van der Waals surface area contributed by atoms with E-state index in [0.29, 0.717) is 0 Å². The fourth-order valence-electron chi connectivity index (χ4n) is 7.43. The number of unbranched alkanes of at least 4 members (excludes halogenated alkanes) is 18. The van der Waals surface area contributed by atoms with E-state index in [2.05, 4.69) is 85.8 Å². The highest BCUT2D eigenvalue weighted by molar-refractivity contribution is 9.10. The number of halogens is 1. The number of fused-ring (bicyclic) bond motifs is 3. The van der Waals surface area contributed by atoms with Crippen LogP contribution in [0.4, 0.5) is 0 Å². The molecule has 236 valence electrons. The Morgan fingerprint density at radius 2 is 0.881 bits per heavy atom. The first-order chi connectivity index (χ1) is 20.3. The van der Waals surface area contributed by atoms with Crippen molar-refractivity contribution in [3.05, 3.63) is 52.0 Å². The third-order valence-corrected chi connectivity index (χ3v) is 12.6. The summed E-state index contributed by atoms with van der Waals surface area (Å²) in [6.07, 6.45) is 30.8. The van der Waals surface area contributed by atoms with Gasteiger partial charge in [-0.3, -0.25) is 0 Å². The molecule has 0 bridgehead atoms. The van der Waals surface area contributed by atoms with Crippen LogP contribution in [0.3, 0.4) is 0 Å². The molecule has 0 nitrogen and oxygen atoms in total. The standard InChI is InChI=1S/C40H65BrSi/c1-6-8-10-12-14-16-18-20-22-24-30-40(31-25-23-21-19-17-15-13-11-9-7-2)38-32-34(41)26-28-36(38)37-29-27-35(33-39(37)40)42(3,4)5/h26-29,32-33H,6-25,30-31H2,1-5H3. The molecule has 2 heteroatoms. The van der Waals surface area contributed by atoms with Crippen molar-refractivity contribution in [1.82, 2.24) is 0 Å². The molecule has 0 saturated carbocycles. The molecule has 0 aliphatic heterocycles. The minimum absolute atomic E-state index is 0.185. The van der Waals surface area contributed by atoms with E-state index in [1.165, 1.54) is 157 Å². The molecule has 0 radical (unpaired) electrons. The number of hydrogen-bond acceptors (Lipinski definition) is 0. The summed E-state index contributed by atoms with van der Waals surface area (Å²) >= 11 is 3.88. The van der Waals surface area contributed by atoms with Crippen molar-refractivity contribution in [2.45, 2.75) is 180 Å². The van der Waals surface area contributed by atoms with Gasteiger partial charge < -0.3 is 0 Å². The summed E-state index contributed by atoms with van der Waals surface area (Å²) in [5.74, 6) is 0. The third-order valence-electron chi connectivity index (χ3n) is 10.1. The third kappa shape index (κ3) is 10.6. The van der Waals surface area contributed by atoms with Crippen LogP contribution in [-0.4, -0.2) is 8.07 Å². The van der Waals surface area contributed by atoms with Gasteiger partial charge in [0.15, 0.2) is 0 Å². The van der Waals surface area contributed by atoms with E-state index in [1.54, 1.807) is 16.3 Å². The van der Waals surface area contributed by atoms with E-state index < -0.39 is 8.07 Å². The van der Waals surface area contributed by atoms with E-state index in [-0.39, 0.29) is 5.41 Å². The summed E-state index contributed by atoms with van der Waals surface area (Å²) in [5, 5.41) is 1.63. The summed E-state index contributed by atoms with van der Waals surface area (Å²) in [5.41, 5.74) is 6.51. The maximum atomic E-state index is 3.88. The predicted octanol–water partition coefficient (Wildman–Crippen LogP) is 13.9. The molecule has 1 aliphatic carbocycles. The molecule has 0 unspecified atom stereocenters. The lowest BCUT2D eigenvalue weighted by molar-refractivity contribution is 0.397. The quantitative estimate of drug-likeness (QED) is 0.0827. The SMILES string of the molecule is CCCCCCCCCCCCC1(CCCCCCCCCCCC)c2cc(Br)ccc2-c2ccc([Si](C)(C)C)cc21. The summed E-state index contributed by atoms with van der Waals surface area (Å²) in [6, 6.07) is 14.8. The molecular weight excluding hydrogens is 588 g/mol. The van der Waals surface area contributed by atoms with Gasteiger partial charge in [-0.15, -0.1) is 0 Å². The zero-order valence-electron chi connectivity index (χ0n) is 28.4. The van der Waals surface area contributed by atoms with Crippen LogP contribution in [0.1, 0.15) is 166 Å². The zero-order chi connectivity index (χ0) is 30.3. The lowest BCUT2D eigenvalue weighted by Gasteiger charge is -2.34. The highest BCUT2D eigenvalue weighted by Gasteiger charge is 2.42. The lowest BCUT2D eigenvalue weighted by atomic mass is 9.70. The van der Waals surface area contributed by atoms with Gasteiger partial charge in [0.1, 0.15) is 0 Å². The number of rotatable bonds is 23. The van der Waals surface area contributed by atoms with Crippen LogP contribution >= 0.6 is 15.9 Å². The second kappa shape index (κ2) is 18.8. The lowest BCUT2D eigenvalue weighted by Crippen LogP contribution is -2.38. The first-order valence-corrected chi connectivity index (χ1v) is 22.6. The number of hydrogen-bond donors (Lipinski definition) is 0. The fraction of sp³-hybridized carbons (Fsp3) is 0.700. The fourth-order valence-corrected chi connectivity index (χ4v) is 8.95. The van der Waals surface area contributed by atoms with Gasteiger partial charge in [-0.2, -0.15) is 0 Å². The maximum absolute atomic E-state index is 3.88. The van der Waals surface area contributed by atoms with Crippen molar-refractivity contribution < 1.29 is 0 Å². The van der Waals surface area contributed by atoms with Crippen molar-refractivity contribution >= 4 is 29.2 Å². The summed E-state index contributed by atoms with van der Waals surface area (Å²) in [4.78, 5) is 0. The molecule has 2 aromatic carbocycles. The van der Waals surface area contributed by atoms with Crippen LogP contribution < -0.4 is 5.19 Å². The number of benzene rings is 2. The molecule has 0 saturated heterocycles. The van der Waals surface area contributed by atoms with Crippen LogP contribution in [0, 0.1) is 0 Å². The van der Waals surface area contributed by atoms with Gasteiger partial charge in [0.05, 0.1) is 8.07 Å². The van der Waals surface area contributed by atoms with E-state index >= 15 is 0 Å². The molecule has 2 aromatic rings. The summed E-state index contributed by atoms with van der Waals surface area (Å²) in [6.45, 7) is 12.2. The summed E-state index contributed by atoms with van der Waals surface area (Å²) < 4.78 is 1.25. The van der Waals surface area contributed by atoms with Crippen LogP contribution in [0.5, 0.6) is 0 Å². The van der Waals surface area contributed by atoms with Crippen molar-refractivity contribution in [2.75, 3.05) is 0 Å². The second-order valence-corrected chi connectivity index (χ2v) is 20.6. The van der Waals surface area contributed by atoms with Crippen molar-refractivity contribution in [3.8, 4) is 11.1 Å². The highest BCUT2D eigenvalue weighted by Crippen LogP contribution is 2.54. The largest absolute Gasteiger partial charge is 0.0776 e. The molecule has 0 spiro atoms. The monoisotopic (exact) mass is 652 g/mol. The molecular formula is C40H65BrSi. The van der Waals surface area contributed by atoms with Gasteiger partial charge in [-0.25, -0.2) is 0 Å². The Kier molecular flexibility index (Phi) is 16.0. The molecule has 1 aliphatic rings. The zero-order valence-corrected chi connectivity index (χ0v) is 31.0. The Morgan fingerprint density at radius 1 is 0.500 bits per heavy atom. The van der Waals surface area contributed by atoms with Crippen LogP contribution in [0.2, 0.25) is 19.6 Å². The van der Waals surface area contributed by atoms with Crippen LogP contribution in [0.15, 0.2) is 40.9 Å².